The van der Waals surface area contributed by atoms with Gasteiger partial charge < -0.3 is 28.4 Å². The van der Waals surface area contributed by atoms with Crippen molar-refractivity contribution in [3.05, 3.63) is 103 Å². The van der Waals surface area contributed by atoms with Crippen LogP contribution in [0.5, 0.6) is 28.7 Å². The van der Waals surface area contributed by atoms with Gasteiger partial charge in [0.05, 0.1) is 36.8 Å². The van der Waals surface area contributed by atoms with Crippen LogP contribution < -0.4 is 23.7 Å². The minimum absolute atomic E-state index is 0.190. The van der Waals surface area contributed by atoms with Crippen molar-refractivity contribution in [2.45, 2.75) is 72.6 Å². The number of azo groups is 1. The Morgan fingerprint density at radius 3 is 1.50 bits per heavy atom. The molecule has 11 heteroatoms. The van der Waals surface area contributed by atoms with Crippen LogP contribution >= 0.6 is 0 Å². The Bertz CT molecular complexity index is 1660. The number of esters is 2. The Kier molecular flexibility index (Phi) is 18.5. The van der Waals surface area contributed by atoms with Gasteiger partial charge in [-0.15, -0.1) is 0 Å². The van der Waals surface area contributed by atoms with Gasteiger partial charge in [0.15, 0.2) is 0 Å². The highest BCUT2D eigenvalue weighted by atomic mass is 16.7. The number of unbranched alkanes of at least 4 members (excludes halogenated alkanes) is 4. The SMILES string of the molecule is CCCCCCC(=O)Oc1ccc(N=Nc2ccc(OCC)cc2)cc1.CCCCOC(=O)Oc1ccc(C(=O)Oc2ccc(OCC)cc2)cc1. The summed E-state index contributed by atoms with van der Waals surface area (Å²) < 4.78 is 31.3. The van der Waals surface area contributed by atoms with Gasteiger partial charge in [0.2, 0.25) is 0 Å². The van der Waals surface area contributed by atoms with Crippen LogP contribution in [0.3, 0.4) is 0 Å². The van der Waals surface area contributed by atoms with Gasteiger partial charge in [-0.2, -0.15) is 10.2 Å². The van der Waals surface area contributed by atoms with E-state index in [1.807, 2.05) is 45.0 Å². The maximum absolute atomic E-state index is 12.1. The molecule has 276 valence electrons. The number of ether oxygens (including phenoxy) is 6. The average Bonchev–Trinajstić information content (AvgIpc) is 3.15. The molecule has 4 aromatic carbocycles. The van der Waals surface area contributed by atoms with Crippen LogP contribution in [0.1, 0.15) is 83.0 Å². The van der Waals surface area contributed by atoms with E-state index in [9.17, 15) is 14.4 Å². The topological polar surface area (TPSA) is 131 Å². The summed E-state index contributed by atoms with van der Waals surface area (Å²) in [5.41, 5.74) is 1.78. The molecule has 0 spiro atoms. The molecule has 0 fully saturated rings. The van der Waals surface area contributed by atoms with E-state index in [-0.39, 0.29) is 5.97 Å². The first-order chi connectivity index (χ1) is 25.3. The fraction of sp³-hybridized carbons (Fsp3) is 0.341. The van der Waals surface area contributed by atoms with Crippen LogP contribution in [-0.2, 0) is 9.53 Å². The van der Waals surface area contributed by atoms with Crippen molar-refractivity contribution in [3.63, 3.8) is 0 Å². The number of rotatable bonds is 18. The predicted octanol–water partition coefficient (Wildman–Crippen LogP) is 11.0. The summed E-state index contributed by atoms with van der Waals surface area (Å²) in [6.45, 7) is 9.51. The molecule has 0 unspecified atom stereocenters. The quantitative estimate of drug-likeness (QED) is 0.0325. The number of hydrogen-bond donors (Lipinski definition) is 0. The molecule has 0 aliphatic heterocycles. The zero-order valence-corrected chi connectivity index (χ0v) is 30.4. The van der Waals surface area contributed by atoms with E-state index in [1.165, 1.54) is 24.3 Å². The van der Waals surface area contributed by atoms with Gasteiger partial charge in [0.1, 0.15) is 28.7 Å². The largest absolute Gasteiger partial charge is 0.513 e. The highest BCUT2D eigenvalue weighted by molar-refractivity contribution is 5.91. The summed E-state index contributed by atoms with van der Waals surface area (Å²) in [6, 6.07) is 27.3. The molecule has 0 saturated carbocycles. The summed E-state index contributed by atoms with van der Waals surface area (Å²) in [5, 5.41) is 8.37. The third-order valence-electron chi connectivity index (χ3n) is 7.09. The fourth-order valence-electron chi connectivity index (χ4n) is 4.37. The van der Waals surface area contributed by atoms with Crippen molar-refractivity contribution < 1.29 is 42.8 Å². The van der Waals surface area contributed by atoms with E-state index in [1.54, 1.807) is 48.5 Å². The van der Waals surface area contributed by atoms with E-state index < -0.39 is 12.1 Å². The van der Waals surface area contributed by atoms with Crippen molar-refractivity contribution >= 4 is 29.5 Å². The predicted molar refractivity (Wildman–Crippen MR) is 199 cm³/mol. The van der Waals surface area contributed by atoms with Crippen molar-refractivity contribution in [1.29, 1.82) is 0 Å². The molecule has 0 bridgehead atoms. The summed E-state index contributed by atoms with van der Waals surface area (Å²) in [6.07, 6.45) is 5.66. The molecule has 4 rings (SSSR count). The smallest absolute Gasteiger partial charge is 0.494 e. The third kappa shape index (κ3) is 15.9. The minimum atomic E-state index is -0.761. The molecule has 0 radical (unpaired) electrons. The lowest BCUT2D eigenvalue weighted by Gasteiger charge is -2.07. The van der Waals surface area contributed by atoms with E-state index in [2.05, 4.69) is 17.2 Å². The molecule has 0 saturated heterocycles. The van der Waals surface area contributed by atoms with Gasteiger partial charge in [-0.25, -0.2) is 9.59 Å². The second kappa shape index (κ2) is 23.7. The summed E-state index contributed by atoms with van der Waals surface area (Å²) >= 11 is 0. The number of nitrogens with zero attached hydrogens (tertiary/aromatic N) is 2. The molecule has 0 N–H and O–H groups in total. The molecular formula is C41H48N2O9. The van der Waals surface area contributed by atoms with Gasteiger partial charge >= 0.3 is 18.1 Å². The molecule has 4 aromatic rings. The maximum atomic E-state index is 12.1. The Morgan fingerprint density at radius 2 is 0.962 bits per heavy atom. The molecule has 0 atom stereocenters. The zero-order chi connectivity index (χ0) is 37.4. The zero-order valence-electron chi connectivity index (χ0n) is 30.4. The average molecular weight is 713 g/mol. The van der Waals surface area contributed by atoms with E-state index in [0.29, 0.717) is 60.5 Å². The summed E-state index contributed by atoms with van der Waals surface area (Å²) in [7, 11) is 0. The number of carbonyl (C=O) groups is 3. The Hall–Kier alpha value is -5.71. The number of carbonyl (C=O) groups excluding carboxylic acids is 3. The maximum Gasteiger partial charge on any atom is 0.513 e. The van der Waals surface area contributed by atoms with Gasteiger partial charge in [-0.1, -0.05) is 39.5 Å². The van der Waals surface area contributed by atoms with Crippen LogP contribution in [0.2, 0.25) is 0 Å². The lowest BCUT2D eigenvalue weighted by Crippen LogP contribution is -2.12. The van der Waals surface area contributed by atoms with E-state index >= 15 is 0 Å². The van der Waals surface area contributed by atoms with Gasteiger partial charge in [0.25, 0.3) is 0 Å². The number of benzene rings is 4. The molecule has 0 amide bonds. The van der Waals surface area contributed by atoms with E-state index in [4.69, 9.17) is 28.4 Å². The van der Waals surface area contributed by atoms with Crippen LogP contribution in [0.15, 0.2) is 107 Å². The van der Waals surface area contributed by atoms with Crippen molar-refractivity contribution in [3.8, 4) is 28.7 Å². The van der Waals surface area contributed by atoms with Gasteiger partial charge in [0, 0.05) is 6.42 Å². The first kappa shape index (κ1) is 40.7. The molecule has 0 heterocycles. The normalized spacial score (nSPS) is 10.5. The number of hydrogen-bond acceptors (Lipinski definition) is 11. The Labute approximate surface area is 305 Å². The van der Waals surface area contributed by atoms with Crippen molar-refractivity contribution in [2.75, 3.05) is 19.8 Å². The van der Waals surface area contributed by atoms with Gasteiger partial charge in [-0.3, -0.25) is 4.79 Å². The standard InChI is InChI=1S/C21H26N2O3.C20H22O6/c1-3-5-6-7-8-21(24)26-20-15-11-18(12-16-20)23-22-17-9-13-19(14-10-17)25-4-2;1-3-5-14-24-20(22)26-18-8-6-15(7-9-18)19(21)25-17-12-10-16(11-13-17)23-4-2/h9-16H,3-8H2,1-2H3;6-13H,3-5,14H2,1-2H3. The summed E-state index contributed by atoms with van der Waals surface area (Å²) in [5.74, 6) is 2.07. The first-order valence-electron chi connectivity index (χ1n) is 17.7. The third-order valence-corrected chi connectivity index (χ3v) is 7.09. The molecule has 0 aliphatic rings. The molecule has 0 aromatic heterocycles. The monoisotopic (exact) mass is 712 g/mol. The lowest BCUT2D eigenvalue weighted by molar-refractivity contribution is -0.134. The fourth-order valence-corrected chi connectivity index (χ4v) is 4.37. The highest BCUT2D eigenvalue weighted by Gasteiger charge is 2.11. The van der Waals surface area contributed by atoms with Crippen molar-refractivity contribution in [2.24, 2.45) is 10.2 Å². The molecule has 11 nitrogen and oxygen atoms in total. The van der Waals surface area contributed by atoms with E-state index in [0.717, 1.165) is 50.0 Å². The summed E-state index contributed by atoms with van der Waals surface area (Å²) in [4.78, 5) is 35.4. The van der Waals surface area contributed by atoms with Gasteiger partial charge in [-0.05, 0) is 124 Å². The Morgan fingerprint density at radius 1 is 0.500 bits per heavy atom. The van der Waals surface area contributed by atoms with Crippen molar-refractivity contribution in [1.82, 2.24) is 0 Å². The van der Waals surface area contributed by atoms with Crippen LogP contribution in [0.25, 0.3) is 0 Å². The van der Waals surface area contributed by atoms with Crippen LogP contribution in [-0.4, -0.2) is 37.9 Å². The highest BCUT2D eigenvalue weighted by Crippen LogP contribution is 2.24. The second-order valence-corrected chi connectivity index (χ2v) is 11.3. The molecular weight excluding hydrogens is 664 g/mol. The minimum Gasteiger partial charge on any atom is -0.494 e. The molecule has 52 heavy (non-hydrogen) atoms. The van der Waals surface area contributed by atoms with Crippen LogP contribution in [0.4, 0.5) is 16.2 Å². The second-order valence-electron chi connectivity index (χ2n) is 11.3. The Balaban J connectivity index is 0.000000280. The lowest BCUT2D eigenvalue weighted by atomic mass is 10.1. The first-order valence-corrected chi connectivity index (χ1v) is 17.7. The molecule has 0 aliphatic carbocycles. The van der Waals surface area contributed by atoms with Crippen LogP contribution in [0, 0.1) is 0 Å².